The van der Waals surface area contributed by atoms with Crippen molar-refractivity contribution in [1.82, 2.24) is 15.5 Å². The second-order valence-electron chi connectivity index (χ2n) is 9.26. The molecule has 7 nitrogen and oxygen atoms in total. The number of rotatable bonds is 8. The molecular weight excluding hydrogens is 430 g/mol. The van der Waals surface area contributed by atoms with E-state index in [1.807, 2.05) is 61.2 Å². The molecule has 3 amide bonds. The number of methoxy groups -OCH3 is 2. The largest absolute Gasteiger partial charge is 0.493 e. The summed E-state index contributed by atoms with van der Waals surface area (Å²) in [5.74, 6) is 1.25. The van der Waals surface area contributed by atoms with Crippen LogP contribution in [0.25, 0.3) is 0 Å². The molecule has 3 unspecified atom stereocenters. The molecule has 1 heterocycles. The second-order valence-corrected chi connectivity index (χ2v) is 9.26. The minimum absolute atomic E-state index is 0.0271. The van der Waals surface area contributed by atoms with Gasteiger partial charge in [0.25, 0.3) is 0 Å². The van der Waals surface area contributed by atoms with E-state index in [0.29, 0.717) is 24.5 Å². The SMILES string of the molecule is CCC(C)C(NC(=O)N1CCc2cc(OC)c(OC)cc2C1c1ccccc1)C(=O)NC1CC1. The molecule has 0 bridgehead atoms. The van der Waals surface area contributed by atoms with E-state index in [1.54, 1.807) is 14.2 Å². The van der Waals surface area contributed by atoms with E-state index in [4.69, 9.17) is 9.47 Å². The van der Waals surface area contributed by atoms with Crippen molar-refractivity contribution >= 4 is 11.9 Å². The molecule has 1 saturated carbocycles. The highest BCUT2D eigenvalue weighted by molar-refractivity contribution is 5.88. The van der Waals surface area contributed by atoms with Crippen molar-refractivity contribution in [3.8, 4) is 11.5 Å². The molecule has 0 aromatic heterocycles. The summed E-state index contributed by atoms with van der Waals surface area (Å²) >= 11 is 0. The maximum atomic E-state index is 13.7. The molecule has 3 atom stereocenters. The van der Waals surface area contributed by atoms with Crippen LogP contribution in [-0.4, -0.2) is 49.7 Å². The lowest BCUT2D eigenvalue weighted by atomic mass is 9.87. The number of amides is 3. The van der Waals surface area contributed by atoms with Gasteiger partial charge in [-0.2, -0.15) is 0 Å². The minimum Gasteiger partial charge on any atom is -0.493 e. The van der Waals surface area contributed by atoms with Crippen LogP contribution in [0.3, 0.4) is 0 Å². The number of benzene rings is 2. The fraction of sp³-hybridized carbons (Fsp3) is 0.481. The number of ether oxygens (including phenoxy) is 2. The van der Waals surface area contributed by atoms with E-state index in [1.165, 1.54) is 0 Å². The monoisotopic (exact) mass is 465 g/mol. The summed E-state index contributed by atoms with van der Waals surface area (Å²) in [4.78, 5) is 28.5. The van der Waals surface area contributed by atoms with Gasteiger partial charge in [-0.05, 0) is 54.0 Å². The number of nitrogens with zero attached hydrogens (tertiary/aromatic N) is 1. The molecule has 1 aliphatic heterocycles. The normalized spacial score (nSPS) is 18.9. The number of carbonyl (C=O) groups is 2. The van der Waals surface area contributed by atoms with Crippen LogP contribution in [0, 0.1) is 5.92 Å². The highest BCUT2D eigenvalue weighted by atomic mass is 16.5. The molecule has 2 aliphatic rings. The van der Waals surface area contributed by atoms with Gasteiger partial charge in [0.2, 0.25) is 5.91 Å². The fourth-order valence-electron chi connectivity index (χ4n) is 4.60. The zero-order valence-electron chi connectivity index (χ0n) is 20.5. The topological polar surface area (TPSA) is 79.9 Å². The van der Waals surface area contributed by atoms with Crippen molar-refractivity contribution in [2.45, 2.75) is 57.7 Å². The van der Waals surface area contributed by atoms with Crippen LogP contribution in [0.5, 0.6) is 11.5 Å². The quantitative estimate of drug-likeness (QED) is 0.616. The lowest BCUT2D eigenvalue weighted by Crippen LogP contribution is -2.55. The first-order valence-electron chi connectivity index (χ1n) is 12.1. The number of hydrogen-bond acceptors (Lipinski definition) is 4. The van der Waals surface area contributed by atoms with E-state index in [-0.39, 0.29) is 29.9 Å². The number of fused-ring (bicyclic) bond motifs is 1. The fourth-order valence-corrected chi connectivity index (χ4v) is 4.60. The third kappa shape index (κ3) is 4.98. The highest BCUT2D eigenvalue weighted by Crippen LogP contribution is 2.41. The molecule has 2 aromatic carbocycles. The third-order valence-electron chi connectivity index (χ3n) is 6.95. The van der Waals surface area contributed by atoms with Crippen LogP contribution in [0.1, 0.15) is 55.8 Å². The van der Waals surface area contributed by atoms with Gasteiger partial charge in [-0.3, -0.25) is 4.79 Å². The van der Waals surface area contributed by atoms with Crippen LogP contribution < -0.4 is 20.1 Å². The number of urea groups is 1. The molecule has 0 saturated heterocycles. The molecule has 1 aliphatic carbocycles. The Morgan fingerprint density at radius 1 is 1.09 bits per heavy atom. The molecule has 1 fully saturated rings. The third-order valence-corrected chi connectivity index (χ3v) is 6.95. The summed E-state index contributed by atoms with van der Waals surface area (Å²) in [5, 5.41) is 6.13. The van der Waals surface area contributed by atoms with Crippen molar-refractivity contribution in [3.05, 3.63) is 59.2 Å². The Hall–Kier alpha value is -3.22. The highest BCUT2D eigenvalue weighted by Gasteiger charge is 2.37. The summed E-state index contributed by atoms with van der Waals surface area (Å²) in [5.41, 5.74) is 3.14. The predicted molar refractivity (Wildman–Crippen MR) is 131 cm³/mol. The molecule has 2 aromatic rings. The molecule has 182 valence electrons. The van der Waals surface area contributed by atoms with E-state index in [0.717, 1.165) is 36.0 Å². The van der Waals surface area contributed by atoms with E-state index >= 15 is 0 Å². The first-order valence-corrected chi connectivity index (χ1v) is 12.1. The molecule has 4 rings (SSSR count). The van der Waals surface area contributed by atoms with Crippen LogP contribution in [0.15, 0.2) is 42.5 Å². The van der Waals surface area contributed by atoms with Crippen molar-refractivity contribution in [3.63, 3.8) is 0 Å². The Bertz CT molecular complexity index is 1020. The zero-order valence-corrected chi connectivity index (χ0v) is 20.5. The summed E-state index contributed by atoms with van der Waals surface area (Å²) in [6.45, 7) is 4.58. The van der Waals surface area contributed by atoms with Crippen LogP contribution in [0.4, 0.5) is 4.79 Å². The Morgan fingerprint density at radius 2 is 1.76 bits per heavy atom. The molecule has 0 spiro atoms. The van der Waals surface area contributed by atoms with Crippen LogP contribution >= 0.6 is 0 Å². The van der Waals surface area contributed by atoms with Crippen LogP contribution in [0.2, 0.25) is 0 Å². The summed E-state index contributed by atoms with van der Waals surface area (Å²) in [7, 11) is 3.24. The predicted octanol–water partition coefficient (Wildman–Crippen LogP) is 4.05. The Labute approximate surface area is 201 Å². The molecule has 2 N–H and O–H groups in total. The van der Waals surface area contributed by atoms with Crippen molar-refractivity contribution in [2.75, 3.05) is 20.8 Å². The average molecular weight is 466 g/mol. The van der Waals surface area contributed by atoms with Gasteiger partial charge >= 0.3 is 6.03 Å². The standard InChI is InChI=1S/C27H35N3O4/c1-5-17(2)24(26(31)28-20-11-12-20)29-27(32)30-14-13-19-15-22(33-3)23(34-4)16-21(19)25(30)18-9-7-6-8-10-18/h6-10,15-17,20,24-25H,5,11-14H2,1-4H3,(H,28,31)(H,29,32). The van der Waals surface area contributed by atoms with Crippen molar-refractivity contribution < 1.29 is 19.1 Å². The van der Waals surface area contributed by atoms with Gasteiger partial charge in [0.1, 0.15) is 6.04 Å². The van der Waals surface area contributed by atoms with Crippen molar-refractivity contribution in [2.24, 2.45) is 5.92 Å². The smallest absolute Gasteiger partial charge is 0.318 e. The Kier molecular flexibility index (Phi) is 7.29. The number of carbonyl (C=O) groups excluding carboxylic acids is 2. The first kappa shape index (κ1) is 23.9. The van der Waals surface area contributed by atoms with Gasteiger partial charge < -0.3 is 25.0 Å². The second kappa shape index (κ2) is 10.4. The van der Waals surface area contributed by atoms with Gasteiger partial charge in [-0.25, -0.2) is 4.79 Å². The summed E-state index contributed by atoms with van der Waals surface area (Å²) < 4.78 is 11.1. The van der Waals surface area contributed by atoms with Gasteiger partial charge in [0, 0.05) is 12.6 Å². The van der Waals surface area contributed by atoms with E-state index < -0.39 is 6.04 Å². The number of hydrogen-bond donors (Lipinski definition) is 2. The molecular formula is C27H35N3O4. The van der Waals surface area contributed by atoms with Gasteiger partial charge in [-0.15, -0.1) is 0 Å². The minimum atomic E-state index is -0.568. The molecule has 7 heteroatoms. The summed E-state index contributed by atoms with van der Waals surface area (Å²) in [6.07, 6.45) is 3.51. The zero-order chi connectivity index (χ0) is 24.2. The van der Waals surface area contributed by atoms with E-state index in [2.05, 4.69) is 10.6 Å². The lowest BCUT2D eigenvalue weighted by Gasteiger charge is -2.39. The first-order chi connectivity index (χ1) is 16.5. The maximum Gasteiger partial charge on any atom is 0.318 e. The van der Waals surface area contributed by atoms with Gasteiger partial charge in [0.15, 0.2) is 11.5 Å². The average Bonchev–Trinajstić information content (AvgIpc) is 3.69. The molecule has 34 heavy (non-hydrogen) atoms. The summed E-state index contributed by atoms with van der Waals surface area (Å²) in [6, 6.07) is 13.1. The lowest BCUT2D eigenvalue weighted by molar-refractivity contribution is -0.124. The molecule has 0 radical (unpaired) electrons. The van der Waals surface area contributed by atoms with Crippen molar-refractivity contribution in [1.29, 1.82) is 0 Å². The van der Waals surface area contributed by atoms with Gasteiger partial charge in [-0.1, -0.05) is 50.6 Å². The Morgan fingerprint density at radius 3 is 2.38 bits per heavy atom. The van der Waals surface area contributed by atoms with Crippen LogP contribution in [-0.2, 0) is 11.2 Å². The van der Waals surface area contributed by atoms with E-state index in [9.17, 15) is 9.59 Å². The Balaban J connectivity index is 1.67. The van der Waals surface area contributed by atoms with Gasteiger partial charge in [0.05, 0.1) is 20.3 Å². The number of nitrogens with one attached hydrogen (secondary N) is 2. The maximum absolute atomic E-state index is 13.7.